The highest BCUT2D eigenvalue weighted by Gasteiger charge is 2.28. The standard InChI is InChI=1S/C15H18N4O3S/c1-11-13(9-18-19(11)14-4-2-3-6-16-14)15(20)17-8-12-5-7-23(21,22)10-12/h2-4,6,9,12H,5,7-8,10H2,1H3,(H,17,20)/t12-/m0/s1. The van der Waals surface area contributed by atoms with Gasteiger partial charge in [0.15, 0.2) is 15.7 Å². The molecule has 2 aromatic rings. The third-order valence-corrected chi connectivity index (χ3v) is 5.84. The van der Waals surface area contributed by atoms with Crippen LogP contribution in [-0.4, -0.2) is 47.1 Å². The first-order valence-electron chi connectivity index (χ1n) is 7.41. The monoisotopic (exact) mass is 334 g/mol. The van der Waals surface area contributed by atoms with E-state index in [-0.39, 0.29) is 23.3 Å². The van der Waals surface area contributed by atoms with E-state index in [1.54, 1.807) is 17.8 Å². The summed E-state index contributed by atoms with van der Waals surface area (Å²) >= 11 is 0. The highest BCUT2D eigenvalue weighted by atomic mass is 32.2. The number of nitrogens with zero attached hydrogens (tertiary/aromatic N) is 3. The van der Waals surface area contributed by atoms with Gasteiger partial charge in [-0.2, -0.15) is 5.10 Å². The Morgan fingerprint density at radius 1 is 1.43 bits per heavy atom. The quantitative estimate of drug-likeness (QED) is 0.890. The number of pyridine rings is 1. The summed E-state index contributed by atoms with van der Waals surface area (Å²) in [7, 11) is -2.92. The van der Waals surface area contributed by atoms with Crippen LogP contribution >= 0.6 is 0 Å². The number of carbonyl (C=O) groups is 1. The van der Waals surface area contributed by atoms with E-state index < -0.39 is 9.84 Å². The van der Waals surface area contributed by atoms with Crippen LogP contribution in [0.2, 0.25) is 0 Å². The van der Waals surface area contributed by atoms with Crippen LogP contribution in [0, 0.1) is 12.8 Å². The van der Waals surface area contributed by atoms with E-state index in [0.717, 1.165) is 0 Å². The predicted molar refractivity (Wildman–Crippen MR) is 85.2 cm³/mol. The molecule has 3 rings (SSSR count). The van der Waals surface area contributed by atoms with Gasteiger partial charge in [-0.05, 0) is 31.4 Å². The first-order chi connectivity index (χ1) is 11.0. The van der Waals surface area contributed by atoms with E-state index in [0.29, 0.717) is 30.0 Å². The van der Waals surface area contributed by atoms with Crippen LogP contribution in [0.5, 0.6) is 0 Å². The van der Waals surface area contributed by atoms with Crippen molar-refractivity contribution in [3.63, 3.8) is 0 Å². The van der Waals surface area contributed by atoms with E-state index in [1.165, 1.54) is 6.20 Å². The molecule has 23 heavy (non-hydrogen) atoms. The summed E-state index contributed by atoms with van der Waals surface area (Å²) in [5, 5.41) is 7.01. The van der Waals surface area contributed by atoms with Gasteiger partial charge in [-0.1, -0.05) is 6.07 Å². The van der Waals surface area contributed by atoms with Crippen LogP contribution in [0.15, 0.2) is 30.6 Å². The Labute approximate surface area is 134 Å². The first-order valence-corrected chi connectivity index (χ1v) is 9.23. The molecule has 2 aromatic heterocycles. The average Bonchev–Trinajstić information content (AvgIpc) is 3.08. The molecule has 1 aliphatic heterocycles. The second-order valence-corrected chi connectivity index (χ2v) is 7.95. The predicted octanol–water partition coefficient (Wildman–Crippen LogP) is 0.740. The number of sulfone groups is 1. The Balaban J connectivity index is 1.68. The van der Waals surface area contributed by atoms with E-state index >= 15 is 0 Å². The van der Waals surface area contributed by atoms with Crippen molar-refractivity contribution in [3.05, 3.63) is 41.9 Å². The van der Waals surface area contributed by atoms with Gasteiger partial charge in [0, 0.05) is 12.7 Å². The fourth-order valence-corrected chi connectivity index (χ4v) is 4.57. The van der Waals surface area contributed by atoms with Crippen LogP contribution in [-0.2, 0) is 9.84 Å². The third kappa shape index (κ3) is 3.42. The molecule has 0 unspecified atom stereocenters. The van der Waals surface area contributed by atoms with Crippen LogP contribution in [0.3, 0.4) is 0 Å². The van der Waals surface area contributed by atoms with Gasteiger partial charge in [-0.3, -0.25) is 4.79 Å². The fourth-order valence-electron chi connectivity index (χ4n) is 2.71. The highest BCUT2D eigenvalue weighted by Crippen LogP contribution is 2.18. The molecule has 0 aliphatic carbocycles. The summed E-state index contributed by atoms with van der Waals surface area (Å²) in [6, 6.07) is 5.47. The summed E-state index contributed by atoms with van der Waals surface area (Å²) in [5.41, 5.74) is 1.16. The normalized spacial score (nSPS) is 19.6. The van der Waals surface area contributed by atoms with Crippen LogP contribution < -0.4 is 5.32 Å². The third-order valence-electron chi connectivity index (χ3n) is 4.00. The zero-order chi connectivity index (χ0) is 16.4. The van der Waals surface area contributed by atoms with Crippen LogP contribution in [0.1, 0.15) is 22.5 Å². The highest BCUT2D eigenvalue weighted by molar-refractivity contribution is 7.91. The van der Waals surface area contributed by atoms with Crippen molar-refractivity contribution in [1.82, 2.24) is 20.1 Å². The Bertz CT molecular complexity index is 815. The van der Waals surface area contributed by atoms with E-state index in [4.69, 9.17) is 0 Å². The van der Waals surface area contributed by atoms with Crippen molar-refractivity contribution >= 4 is 15.7 Å². The fraction of sp³-hybridized carbons (Fsp3) is 0.400. The van der Waals surface area contributed by atoms with Crippen molar-refractivity contribution in [2.24, 2.45) is 5.92 Å². The zero-order valence-electron chi connectivity index (χ0n) is 12.8. The smallest absolute Gasteiger partial charge is 0.254 e. The van der Waals surface area contributed by atoms with Gasteiger partial charge in [0.25, 0.3) is 5.91 Å². The molecule has 0 bridgehead atoms. The van der Waals surface area contributed by atoms with Crippen molar-refractivity contribution in [2.45, 2.75) is 13.3 Å². The van der Waals surface area contributed by atoms with Gasteiger partial charge < -0.3 is 5.32 Å². The van der Waals surface area contributed by atoms with Crippen molar-refractivity contribution < 1.29 is 13.2 Å². The first kappa shape index (κ1) is 15.7. The number of carbonyl (C=O) groups excluding carboxylic acids is 1. The number of amides is 1. The molecule has 1 amide bonds. The zero-order valence-corrected chi connectivity index (χ0v) is 13.6. The van der Waals surface area contributed by atoms with Gasteiger partial charge in [-0.15, -0.1) is 0 Å². The van der Waals surface area contributed by atoms with Gasteiger partial charge in [-0.25, -0.2) is 18.1 Å². The molecule has 0 spiro atoms. The average molecular weight is 334 g/mol. The lowest BCUT2D eigenvalue weighted by molar-refractivity contribution is 0.0948. The topological polar surface area (TPSA) is 94.0 Å². The minimum Gasteiger partial charge on any atom is -0.352 e. The largest absolute Gasteiger partial charge is 0.352 e. The number of hydrogen-bond donors (Lipinski definition) is 1. The van der Waals surface area contributed by atoms with Gasteiger partial charge in [0.1, 0.15) is 0 Å². The second-order valence-electron chi connectivity index (χ2n) is 5.72. The molecule has 1 fully saturated rings. The van der Waals surface area contributed by atoms with Crippen molar-refractivity contribution in [1.29, 1.82) is 0 Å². The van der Waals surface area contributed by atoms with E-state index in [1.807, 2.05) is 18.2 Å². The Hall–Kier alpha value is -2.22. The van der Waals surface area contributed by atoms with Gasteiger partial charge in [0.2, 0.25) is 0 Å². The number of nitrogens with one attached hydrogen (secondary N) is 1. The molecule has 1 atom stereocenters. The maximum atomic E-state index is 12.3. The molecule has 0 radical (unpaired) electrons. The lowest BCUT2D eigenvalue weighted by Gasteiger charge is -2.09. The summed E-state index contributed by atoms with van der Waals surface area (Å²) in [5.74, 6) is 0.763. The number of aromatic nitrogens is 3. The molecule has 1 aliphatic rings. The Morgan fingerprint density at radius 3 is 2.91 bits per heavy atom. The van der Waals surface area contributed by atoms with E-state index in [9.17, 15) is 13.2 Å². The molecule has 8 heteroatoms. The Kier molecular flexibility index (Phi) is 4.16. The van der Waals surface area contributed by atoms with Crippen molar-refractivity contribution in [3.8, 4) is 5.82 Å². The summed E-state index contributed by atoms with van der Waals surface area (Å²) in [4.78, 5) is 16.5. The lowest BCUT2D eigenvalue weighted by Crippen LogP contribution is -2.30. The summed E-state index contributed by atoms with van der Waals surface area (Å²) in [6.07, 6.45) is 3.77. The molecule has 122 valence electrons. The number of hydrogen-bond acceptors (Lipinski definition) is 5. The molecular weight excluding hydrogens is 316 g/mol. The molecule has 7 nitrogen and oxygen atoms in total. The molecule has 0 saturated carbocycles. The van der Waals surface area contributed by atoms with Crippen LogP contribution in [0.4, 0.5) is 0 Å². The minimum absolute atomic E-state index is 0.00455. The maximum Gasteiger partial charge on any atom is 0.254 e. The minimum atomic E-state index is -2.92. The molecule has 3 heterocycles. The lowest BCUT2D eigenvalue weighted by atomic mass is 10.1. The molecule has 1 N–H and O–H groups in total. The van der Waals surface area contributed by atoms with Crippen LogP contribution in [0.25, 0.3) is 5.82 Å². The molecule has 0 aromatic carbocycles. The van der Waals surface area contributed by atoms with Gasteiger partial charge >= 0.3 is 0 Å². The summed E-state index contributed by atoms with van der Waals surface area (Å²) < 4.78 is 24.5. The second kappa shape index (κ2) is 6.11. The SMILES string of the molecule is Cc1c(C(=O)NC[C@@H]2CCS(=O)(=O)C2)cnn1-c1ccccn1. The molecular formula is C15H18N4O3S. The Morgan fingerprint density at radius 2 is 2.26 bits per heavy atom. The van der Waals surface area contributed by atoms with E-state index in [2.05, 4.69) is 15.4 Å². The maximum absolute atomic E-state index is 12.3. The molecule has 1 saturated heterocycles. The summed E-state index contributed by atoms with van der Waals surface area (Å²) in [6.45, 7) is 2.17. The van der Waals surface area contributed by atoms with Gasteiger partial charge in [0.05, 0.1) is 29.0 Å². The van der Waals surface area contributed by atoms with Crippen molar-refractivity contribution in [2.75, 3.05) is 18.1 Å². The number of rotatable bonds is 4.